The second-order valence-corrected chi connectivity index (χ2v) is 4.48. The molecule has 0 radical (unpaired) electrons. The van der Waals surface area contributed by atoms with Crippen LogP contribution >= 0.6 is 27.5 Å². The van der Waals surface area contributed by atoms with Crippen LogP contribution in [-0.2, 0) is 12.4 Å². The van der Waals surface area contributed by atoms with Crippen LogP contribution in [0.2, 0.25) is 0 Å². The van der Waals surface area contributed by atoms with Gasteiger partial charge in [0, 0.05) is 12.1 Å². The van der Waals surface area contributed by atoms with Crippen LogP contribution in [-0.4, -0.2) is 14.8 Å². The Morgan fingerprint density at radius 3 is 2.82 bits per heavy atom. The van der Waals surface area contributed by atoms with Gasteiger partial charge >= 0.3 is 0 Å². The molecular weight excluding hydrogens is 308 g/mol. The van der Waals surface area contributed by atoms with E-state index in [-0.39, 0.29) is 11.7 Å². The lowest BCUT2D eigenvalue weighted by Gasteiger charge is -2.07. The molecule has 0 saturated heterocycles. The number of rotatable bonds is 3. The van der Waals surface area contributed by atoms with E-state index in [4.69, 9.17) is 11.6 Å². The molecule has 0 unspecified atom stereocenters. The minimum Gasteiger partial charge on any atom is -0.310 e. The lowest BCUT2D eigenvalue weighted by molar-refractivity contribution is 0.621. The van der Waals surface area contributed by atoms with E-state index in [0.29, 0.717) is 28.2 Å². The van der Waals surface area contributed by atoms with Gasteiger partial charge in [0.1, 0.15) is 11.6 Å². The fraction of sp³-hybridized carbons (Fsp3) is 0.273. The third-order valence-electron chi connectivity index (χ3n) is 2.46. The number of hydrogen-bond acceptors (Lipinski definition) is 2. The van der Waals surface area contributed by atoms with Crippen molar-refractivity contribution in [3.8, 4) is 11.4 Å². The van der Waals surface area contributed by atoms with Crippen molar-refractivity contribution in [2.75, 3.05) is 0 Å². The molecule has 1 heterocycles. The Labute approximate surface area is 112 Å². The Balaban J connectivity index is 2.60. The quantitative estimate of drug-likeness (QED) is 0.810. The maximum Gasteiger partial charge on any atom is 0.165 e. The van der Waals surface area contributed by atoms with Gasteiger partial charge in [-0.3, -0.25) is 0 Å². The van der Waals surface area contributed by atoms with Gasteiger partial charge in [-0.05, 0) is 35.0 Å². The molecule has 0 aliphatic heterocycles. The number of hydrogen-bond donors (Lipinski definition) is 0. The smallest absolute Gasteiger partial charge is 0.165 e. The molecule has 0 spiro atoms. The zero-order valence-electron chi connectivity index (χ0n) is 9.12. The fourth-order valence-electron chi connectivity index (χ4n) is 1.64. The Kier molecular flexibility index (Phi) is 3.79. The monoisotopic (exact) mass is 317 g/mol. The van der Waals surface area contributed by atoms with E-state index in [1.54, 1.807) is 12.1 Å². The summed E-state index contributed by atoms with van der Waals surface area (Å²) in [5, 5.41) is 8.05. The third-order valence-corrected chi connectivity index (χ3v) is 3.50. The van der Waals surface area contributed by atoms with Gasteiger partial charge in [0.05, 0.1) is 10.4 Å². The van der Waals surface area contributed by atoms with Crippen LogP contribution in [0.5, 0.6) is 0 Å². The first kappa shape index (κ1) is 12.5. The van der Waals surface area contributed by atoms with Gasteiger partial charge in [0.2, 0.25) is 0 Å². The van der Waals surface area contributed by atoms with Crippen molar-refractivity contribution in [3.63, 3.8) is 0 Å². The van der Waals surface area contributed by atoms with Crippen LogP contribution < -0.4 is 0 Å². The zero-order valence-corrected chi connectivity index (χ0v) is 11.5. The molecule has 0 aliphatic rings. The summed E-state index contributed by atoms with van der Waals surface area (Å²) >= 11 is 9.00. The minimum atomic E-state index is -0.319. The number of nitrogens with zero attached hydrogens (tertiary/aromatic N) is 3. The highest BCUT2D eigenvalue weighted by Gasteiger charge is 2.15. The second kappa shape index (κ2) is 5.14. The molecule has 17 heavy (non-hydrogen) atoms. The van der Waals surface area contributed by atoms with E-state index in [1.165, 1.54) is 6.07 Å². The van der Waals surface area contributed by atoms with Gasteiger partial charge in [0.15, 0.2) is 5.82 Å². The first-order valence-corrected chi connectivity index (χ1v) is 6.44. The molecule has 90 valence electrons. The van der Waals surface area contributed by atoms with E-state index in [0.717, 1.165) is 0 Å². The van der Waals surface area contributed by atoms with Crippen molar-refractivity contribution in [3.05, 3.63) is 34.3 Å². The third kappa shape index (κ3) is 2.21. The maximum atomic E-state index is 13.5. The average molecular weight is 319 g/mol. The number of alkyl halides is 1. The summed E-state index contributed by atoms with van der Waals surface area (Å²) in [5.74, 6) is 1.27. The van der Waals surface area contributed by atoms with Gasteiger partial charge in [-0.25, -0.2) is 4.39 Å². The van der Waals surface area contributed by atoms with Crippen LogP contribution in [0.25, 0.3) is 11.4 Å². The minimum absolute atomic E-state index is 0.285. The molecule has 2 rings (SSSR count). The molecule has 0 N–H and O–H groups in total. The maximum absolute atomic E-state index is 13.5. The van der Waals surface area contributed by atoms with Gasteiger partial charge in [-0.15, -0.1) is 21.8 Å². The molecule has 0 atom stereocenters. The van der Waals surface area contributed by atoms with Gasteiger partial charge in [-0.2, -0.15) is 0 Å². The van der Waals surface area contributed by atoms with Crippen molar-refractivity contribution in [1.29, 1.82) is 0 Å². The van der Waals surface area contributed by atoms with Crippen LogP contribution in [0.1, 0.15) is 12.7 Å². The zero-order chi connectivity index (χ0) is 12.4. The Morgan fingerprint density at radius 1 is 1.41 bits per heavy atom. The van der Waals surface area contributed by atoms with Crippen LogP contribution in [0.15, 0.2) is 22.7 Å². The molecule has 3 nitrogen and oxygen atoms in total. The number of benzene rings is 1. The standard InChI is InChI=1S/C11H10BrClFN3/c1-2-17-9(6-13)15-16-11(17)7-4-3-5-8(14)10(7)12/h3-5H,2,6H2,1H3. The molecule has 1 aromatic heterocycles. The van der Waals surface area contributed by atoms with E-state index in [1.807, 2.05) is 11.5 Å². The van der Waals surface area contributed by atoms with E-state index < -0.39 is 0 Å². The molecule has 2 aromatic rings. The molecule has 0 bridgehead atoms. The summed E-state index contributed by atoms with van der Waals surface area (Å²) in [6, 6.07) is 4.83. The summed E-state index contributed by atoms with van der Waals surface area (Å²) in [5.41, 5.74) is 0.677. The lowest BCUT2D eigenvalue weighted by atomic mass is 10.2. The molecule has 6 heteroatoms. The van der Waals surface area contributed by atoms with Gasteiger partial charge < -0.3 is 4.57 Å². The average Bonchev–Trinajstić information content (AvgIpc) is 2.75. The van der Waals surface area contributed by atoms with E-state index in [9.17, 15) is 4.39 Å². The van der Waals surface area contributed by atoms with E-state index in [2.05, 4.69) is 26.1 Å². The largest absolute Gasteiger partial charge is 0.310 e. The highest BCUT2D eigenvalue weighted by atomic mass is 79.9. The topological polar surface area (TPSA) is 30.7 Å². The van der Waals surface area contributed by atoms with Crippen LogP contribution in [0.3, 0.4) is 0 Å². The Hall–Kier alpha value is -0.940. The summed E-state index contributed by atoms with van der Waals surface area (Å²) in [6.45, 7) is 2.66. The molecule has 1 aromatic carbocycles. The molecule has 0 fully saturated rings. The number of aromatic nitrogens is 3. The van der Waals surface area contributed by atoms with Crippen molar-refractivity contribution >= 4 is 27.5 Å². The Morgan fingerprint density at radius 2 is 2.18 bits per heavy atom. The molecular formula is C11H10BrClFN3. The van der Waals surface area contributed by atoms with Crippen molar-refractivity contribution in [2.24, 2.45) is 0 Å². The van der Waals surface area contributed by atoms with Crippen LogP contribution in [0, 0.1) is 5.82 Å². The highest BCUT2D eigenvalue weighted by Crippen LogP contribution is 2.29. The predicted octanol–water partition coefficient (Wildman–Crippen LogP) is 3.61. The first-order chi connectivity index (χ1) is 8.19. The van der Waals surface area contributed by atoms with Crippen LogP contribution in [0.4, 0.5) is 4.39 Å². The lowest BCUT2D eigenvalue weighted by Crippen LogP contribution is -2.02. The van der Waals surface area contributed by atoms with Gasteiger partial charge in [0.25, 0.3) is 0 Å². The summed E-state index contributed by atoms with van der Waals surface area (Å²) < 4.78 is 15.7. The summed E-state index contributed by atoms with van der Waals surface area (Å²) in [4.78, 5) is 0. The SMILES string of the molecule is CCn1c(CCl)nnc1-c1cccc(F)c1Br. The molecule has 0 amide bonds. The number of halogens is 3. The molecule has 0 saturated carbocycles. The second-order valence-electron chi connectivity index (χ2n) is 3.42. The van der Waals surface area contributed by atoms with Gasteiger partial charge in [-0.1, -0.05) is 6.07 Å². The van der Waals surface area contributed by atoms with Crippen molar-refractivity contribution in [2.45, 2.75) is 19.3 Å². The van der Waals surface area contributed by atoms with Crippen molar-refractivity contribution in [1.82, 2.24) is 14.8 Å². The normalized spacial score (nSPS) is 10.8. The molecule has 0 aliphatic carbocycles. The Bertz CT molecular complexity index is 542. The van der Waals surface area contributed by atoms with E-state index >= 15 is 0 Å². The first-order valence-electron chi connectivity index (χ1n) is 5.11. The predicted molar refractivity (Wildman–Crippen MR) is 68.3 cm³/mol. The summed E-state index contributed by atoms with van der Waals surface area (Å²) in [6.07, 6.45) is 0. The summed E-state index contributed by atoms with van der Waals surface area (Å²) in [7, 11) is 0. The highest BCUT2D eigenvalue weighted by molar-refractivity contribution is 9.10. The fourth-order valence-corrected chi connectivity index (χ4v) is 2.28. The van der Waals surface area contributed by atoms with Crippen molar-refractivity contribution < 1.29 is 4.39 Å².